The lowest BCUT2D eigenvalue weighted by Crippen LogP contribution is -2.14. The van der Waals surface area contributed by atoms with Crippen molar-refractivity contribution in [1.82, 2.24) is 0 Å². The highest BCUT2D eigenvalue weighted by molar-refractivity contribution is 7.92. The van der Waals surface area contributed by atoms with E-state index >= 15 is 0 Å². The Hall–Kier alpha value is -1.56. The average Bonchev–Trinajstić information content (AvgIpc) is 2.18. The molecule has 16 heavy (non-hydrogen) atoms. The molecule has 0 spiro atoms. The molecule has 2 N–H and O–H groups in total. The third-order valence-electron chi connectivity index (χ3n) is 1.82. The minimum absolute atomic E-state index is 0.164. The molecule has 0 aliphatic carbocycles. The zero-order chi connectivity index (χ0) is 12.2. The highest BCUT2D eigenvalue weighted by Gasteiger charge is 2.08. The van der Waals surface area contributed by atoms with Crippen molar-refractivity contribution in [3.63, 3.8) is 0 Å². The van der Waals surface area contributed by atoms with E-state index in [0.717, 1.165) is 6.26 Å². The molecule has 0 aliphatic heterocycles. The number of hydrogen-bond acceptors (Lipinski definition) is 3. The second-order valence-electron chi connectivity index (χ2n) is 3.32. The predicted molar refractivity (Wildman–Crippen MR) is 63.8 cm³/mol. The average molecular weight is 242 g/mol. The van der Waals surface area contributed by atoms with E-state index in [-0.39, 0.29) is 5.91 Å². The summed E-state index contributed by atoms with van der Waals surface area (Å²) in [5.74, 6) is -0.164. The highest BCUT2D eigenvalue weighted by atomic mass is 32.2. The maximum Gasteiger partial charge on any atom is 0.229 e. The number of sulfonamides is 1. The fourth-order valence-electron chi connectivity index (χ4n) is 1.12. The zero-order valence-corrected chi connectivity index (χ0v) is 9.97. The van der Waals surface area contributed by atoms with E-state index in [1.807, 2.05) is 0 Å². The van der Waals surface area contributed by atoms with Crippen LogP contribution in [0.25, 0.3) is 0 Å². The van der Waals surface area contributed by atoms with Crippen molar-refractivity contribution in [3.05, 3.63) is 24.3 Å². The third-order valence-corrected chi connectivity index (χ3v) is 2.41. The van der Waals surface area contributed by atoms with Gasteiger partial charge in [-0.3, -0.25) is 9.52 Å². The number of para-hydroxylation sites is 2. The van der Waals surface area contributed by atoms with Gasteiger partial charge in [-0.25, -0.2) is 8.42 Å². The lowest BCUT2D eigenvalue weighted by Gasteiger charge is -2.10. The summed E-state index contributed by atoms with van der Waals surface area (Å²) in [7, 11) is -3.34. The van der Waals surface area contributed by atoms with Crippen LogP contribution >= 0.6 is 0 Å². The predicted octanol–water partition coefficient (Wildman–Crippen LogP) is 1.41. The van der Waals surface area contributed by atoms with Gasteiger partial charge in [0.2, 0.25) is 15.9 Å². The van der Waals surface area contributed by atoms with Crippen LogP contribution in [0.1, 0.15) is 13.3 Å². The number of hydrogen-bond donors (Lipinski definition) is 2. The number of benzene rings is 1. The molecule has 0 aromatic heterocycles. The molecule has 0 saturated carbocycles. The van der Waals surface area contributed by atoms with Gasteiger partial charge in [-0.2, -0.15) is 0 Å². The van der Waals surface area contributed by atoms with Gasteiger partial charge in [0.05, 0.1) is 17.6 Å². The van der Waals surface area contributed by atoms with Crippen molar-refractivity contribution in [3.8, 4) is 0 Å². The molecular formula is C10H14N2O3S. The van der Waals surface area contributed by atoms with Gasteiger partial charge in [0.15, 0.2) is 0 Å². The standard InChI is InChI=1S/C10H14N2O3S/c1-3-10(13)11-8-6-4-5-7-9(8)12-16(2,14)15/h4-7,12H,3H2,1-2H3,(H,11,13). The van der Waals surface area contributed by atoms with Gasteiger partial charge < -0.3 is 5.32 Å². The number of nitrogens with one attached hydrogen (secondary N) is 2. The Morgan fingerprint density at radius 2 is 1.81 bits per heavy atom. The first-order valence-corrected chi connectivity index (χ1v) is 6.68. The van der Waals surface area contributed by atoms with Gasteiger partial charge in [-0.05, 0) is 12.1 Å². The molecular weight excluding hydrogens is 228 g/mol. The van der Waals surface area contributed by atoms with Crippen molar-refractivity contribution in [2.45, 2.75) is 13.3 Å². The van der Waals surface area contributed by atoms with Crippen LogP contribution in [0.4, 0.5) is 11.4 Å². The Bertz CT molecular complexity index is 483. The van der Waals surface area contributed by atoms with Gasteiger partial charge in [-0.15, -0.1) is 0 Å². The van der Waals surface area contributed by atoms with Crippen LogP contribution in [-0.2, 0) is 14.8 Å². The first-order chi connectivity index (χ1) is 7.42. The van der Waals surface area contributed by atoms with Crippen molar-refractivity contribution >= 4 is 27.3 Å². The number of amides is 1. The summed E-state index contributed by atoms with van der Waals surface area (Å²) >= 11 is 0. The molecule has 0 aliphatic rings. The van der Waals surface area contributed by atoms with Gasteiger partial charge >= 0.3 is 0 Å². The van der Waals surface area contributed by atoms with E-state index in [4.69, 9.17) is 0 Å². The second kappa shape index (κ2) is 4.98. The van der Waals surface area contributed by atoms with E-state index in [0.29, 0.717) is 17.8 Å². The lowest BCUT2D eigenvalue weighted by molar-refractivity contribution is -0.115. The number of carbonyl (C=O) groups is 1. The minimum atomic E-state index is -3.34. The zero-order valence-electron chi connectivity index (χ0n) is 9.15. The number of anilines is 2. The molecule has 1 aromatic carbocycles. The Balaban J connectivity index is 2.96. The molecule has 1 amide bonds. The summed E-state index contributed by atoms with van der Waals surface area (Å²) < 4.78 is 24.5. The fraction of sp³-hybridized carbons (Fsp3) is 0.300. The van der Waals surface area contributed by atoms with E-state index in [1.54, 1.807) is 31.2 Å². The molecule has 0 atom stereocenters. The molecule has 0 radical (unpaired) electrons. The topological polar surface area (TPSA) is 75.3 Å². The van der Waals surface area contributed by atoms with E-state index in [9.17, 15) is 13.2 Å². The molecule has 0 heterocycles. The van der Waals surface area contributed by atoms with E-state index in [1.165, 1.54) is 0 Å². The van der Waals surface area contributed by atoms with Crippen LogP contribution in [0.2, 0.25) is 0 Å². The molecule has 6 heteroatoms. The minimum Gasteiger partial charge on any atom is -0.324 e. The third kappa shape index (κ3) is 3.90. The summed E-state index contributed by atoms with van der Waals surface area (Å²) in [5, 5.41) is 2.62. The van der Waals surface area contributed by atoms with Crippen LogP contribution in [0.3, 0.4) is 0 Å². The smallest absolute Gasteiger partial charge is 0.229 e. The SMILES string of the molecule is CCC(=O)Nc1ccccc1NS(C)(=O)=O. The van der Waals surface area contributed by atoms with Gasteiger partial charge in [0.1, 0.15) is 0 Å². The molecule has 0 bridgehead atoms. The Labute approximate surface area is 94.9 Å². The Kier molecular flexibility index (Phi) is 3.89. The summed E-state index contributed by atoms with van der Waals surface area (Å²) in [6, 6.07) is 6.64. The molecule has 0 fully saturated rings. The normalized spacial score (nSPS) is 10.9. The Morgan fingerprint density at radius 1 is 1.25 bits per heavy atom. The van der Waals surface area contributed by atoms with Gasteiger partial charge in [-0.1, -0.05) is 19.1 Å². The summed E-state index contributed by atoms with van der Waals surface area (Å²) in [5.41, 5.74) is 0.826. The van der Waals surface area contributed by atoms with Gasteiger partial charge in [0.25, 0.3) is 0 Å². The van der Waals surface area contributed by atoms with Crippen LogP contribution in [-0.4, -0.2) is 20.6 Å². The lowest BCUT2D eigenvalue weighted by atomic mass is 10.2. The van der Waals surface area contributed by atoms with Crippen molar-refractivity contribution in [2.24, 2.45) is 0 Å². The monoisotopic (exact) mass is 242 g/mol. The molecule has 1 aromatic rings. The first-order valence-electron chi connectivity index (χ1n) is 4.79. The number of rotatable bonds is 4. The molecule has 0 unspecified atom stereocenters. The van der Waals surface area contributed by atoms with Crippen molar-refractivity contribution in [2.75, 3.05) is 16.3 Å². The van der Waals surface area contributed by atoms with E-state index < -0.39 is 10.0 Å². The fourth-order valence-corrected chi connectivity index (χ4v) is 1.70. The summed E-state index contributed by atoms with van der Waals surface area (Å²) in [4.78, 5) is 11.2. The van der Waals surface area contributed by atoms with Gasteiger partial charge in [0, 0.05) is 6.42 Å². The van der Waals surface area contributed by atoms with Crippen molar-refractivity contribution < 1.29 is 13.2 Å². The summed E-state index contributed by atoms with van der Waals surface area (Å²) in [6.07, 6.45) is 1.40. The maximum absolute atomic E-state index is 11.2. The van der Waals surface area contributed by atoms with Crippen LogP contribution in [0.15, 0.2) is 24.3 Å². The first kappa shape index (κ1) is 12.5. The molecule has 0 saturated heterocycles. The number of carbonyl (C=O) groups excluding carboxylic acids is 1. The van der Waals surface area contributed by atoms with Crippen LogP contribution < -0.4 is 10.0 Å². The summed E-state index contributed by atoms with van der Waals surface area (Å²) in [6.45, 7) is 1.72. The molecule has 5 nitrogen and oxygen atoms in total. The van der Waals surface area contributed by atoms with E-state index in [2.05, 4.69) is 10.0 Å². The van der Waals surface area contributed by atoms with Crippen LogP contribution in [0, 0.1) is 0 Å². The molecule has 88 valence electrons. The molecule has 1 rings (SSSR count). The largest absolute Gasteiger partial charge is 0.324 e. The van der Waals surface area contributed by atoms with Crippen LogP contribution in [0.5, 0.6) is 0 Å². The maximum atomic E-state index is 11.2. The quantitative estimate of drug-likeness (QED) is 0.838. The second-order valence-corrected chi connectivity index (χ2v) is 5.07. The van der Waals surface area contributed by atoms with Crippen molar-refractivity contribution in [1.29, 1.82) is 0 Å². The Morgan fingerprint density at radius 3 is 2.31 bits per heavy atom. The highest BCUT2D eigenvalue weighted by Crippen LogP contribution is 2.21.